The molecule has 0 spiro atoms. The Morgan fingerprint density at radius 2 is 1.62 bits per heavy atom. The quantitative estimate of drug-likeness (QED) is 0.512. The lowest BCUT2D eigenvalue weighted by Gasteiger charge is -2.37. The molecule has 0 bridgehead atoms. The van der Waals surface area contributed by atoms with E-state index in [-0.39, 0.29) is 30.1 Å². The summed E-state index contributed by atoms with van der Waals surface area (Å²) in [5.74, 6) is 6.53. The highest BCUT2D eigenvalue weighted by Gasteiger charge is 2.34. The van der Waals surface area contributed by atoms with Crippen LogP contribution in [0.15, 0.2) is 60.7 Å². The van der Waals surface area contributed by atoms with Gasteiger partial charge in [-0.1, -0.05) is 60.4 Å². The third-order valence-corrected chi connectivity index (χ3v) is 6.35. The van der Waals surface area contributed by atoms with E-state index in [9.17, 15) is 14.7 Å². The Balaban J connectivity index is 0.000000555. The maximum atomic E-state index is 12.5. The predicted octanol–water partition coefficient (Wildman–Crippen LogP) is 5.46. The van der Waals surface area contributed by atoms with Crippen molar-refractivity contribution in [2.75, 3.05) is 6.54 Å². The molecule has 1 heterocycles. The molecule has 2 aromatic carbocycles. The van der Waals surface area contributed by atoms with Crippen LogP contribution in [0.25, 0.3) is 0 Å². The van der Waals surface area contributed by atoms with Crippen molar-refractivity contribution in [1.29, 1.82) is 0 Å². The SMILES string of the molecule is CC(c1ccc(C#CC(C)(C)NC(=O)C2CC2)cc1)N1CCC(CC(C)(C)O)OC1=O.c1ccccc1. The smallest absolute Gasteiger partial charge is 0.410 e. The highest BCUT2D eigenvalue weighted by Crippen LogP contribution is 2.30. The molecule has 1 saturated carbocycles. The average molecular weight is 505 g/mol. The Morgan fingerprint density at radius 3 is 2.11 bits per heavy atom. The average Bonchev–Trinajstić information content (AvgIpc) is 3.69. The van der Waals surface area contributed by atoms with Crippen LogP contribution < -0.4 is 5.32 Å². The lowest BCUT2D eigenvalue weighted by atomic mass is 9.97. The number of hydrogen-bond donors (Lipinski definition) is 2. The van der Waals surface area contributed by atoms with E-state index in [1.165, 1.54) is 0 Å². The lowest BCUT2D eigenvalue weighted by Crippen LogP contribution is -2.45. The first-order chi connectivity index (χ1) is 17.4. The third-order valence-electron chi connectivity index (χ3n) is 6.35. The summed E-state index contributed by atoms with van der Waals surface area (Å²) in [6, 6.07) is 19.7. The molecular formula is C31H40N2O4. The van der Waals surface area contributed by atoms with Gasteiger partial charge in [-0.05, 0) is 65.2 Å². The molecule has 37 heavy (non-hydrogen) atoms. The van der Waals surface area contributed by atoms with Gasteiger partial charge < -0.3 is 20.1 Å². The number of nitrogens with one attached hydrogen (secondary N) is 1. The van der Waals surface area contributed by atoms with E-state index >= 15 is 0 Å². The lowest BCUT2D eigenvalue weighted by molar-refractivity contribution is -0.123. The van der Waals surface area contributed by atoms with Crippen molar-refractivity contribution >= 4 is 12.0 Å². The van der Waals surface area contributed by atoms with Crippen LogP contribution in [0.3, 0.4) is 0 Å². The third kappa shape index (κ3) is 9.59. The molecule has 2 atom stereocenters. The largest absolute Gasteiger partial charge is 0.446 e. The zero-order valence-electron chi connectivity index (χ0n) is 22.7. The summed E-state index contributed by atoms with van der Waals surface area (Å²) >= 11 is 0. The Kier molecular flexibility index (Phi) is 9.39. The van der Waals surface area contributed by atoms with Crippen LogP contribution in [-0.4, -0.2) is 45.8 Å². The number of rotatable bonds is 6. The Morgan fingerprint density at radius 1 is 1.05 bits per heavy atom. The first-order valence-electron chi connectivity index (χ1n) is 13.1. The van der Waals surface area contributed by atoms with Gasteiger partial charge in [0.15, 0.2) is 0 Å². The summed E-state index contributed by atoms with van der Waals surface area (Å²) in [5.41, 5.74) is 0.425. The van der Waals surface area contributed by atoms with E-state index in [1.807, 2.05) is 81.4 Å². The number of hydrogen-bond acceptors (Lipinski definition) is 4. The number of benzene rings is 2. The summed E-state index contributed by atoms with van der Waals surface area (Å²) in [7, 11) is 0. The molecule has 4 rings (SSSR count). The molecule has 6 nitrogen and oxygen atoms in total. The molecule has 1 aliphatic heterocycles. The number of amides is 2. The summed E-state index contributed by atoms with van der Waals surface area (Å²) in [6.07, 6.45) is 2.48. The first-order valence-corrected chi connectivity index (χ1v) is 13.1. The van der Waals surface area contributed by atoms with Gasteiger partial charge in [0.2, 0.25) is 5.91 Å². The van der Waals surface area contributed by atoms with E-state index in [4.69, 9.17) is 4.74 Å². The molecule has 2 aromatic rings. The van der Waals surface area contributed by atoms with Crippen molar-refractivity contribution in [2.24, 2.45) is 5.92 Å². The minimum absolute atomic E-state index is 0.0849. The normalized spacial score (nSPS) is 18.4. The van der Waals surface area contributed by atoms with Crippen molar-refractivity contribution in [3.05, 3.63) is 71.8 Å². The van der Waals surface area contributed by atoms with Crippen molar-refractivity contribution < 1.29 is 19.4 Å². The fourth-order valence-corrected chi connectivity index (χ4v) is 4.12. The fraction of sp³-hybridized carbons (Fsp3) is 0.484. The summed E-state index contributed by atoms with van der Waals surface area (Å²) in [4.78, 5) is 26.2. The Bertz CT molecular complexity index is 1060. The van der Waals surface area contributed by atoms with Crippen LogP contribution in [0.2, 0.25) is 0 Å². The van der Waals surface area contributed by atoms with Crippen LogP contribution in [0.4, 0.5) is 4.79 Å². The maximum Gasteiger partial charge on any atom is 0.410 e. The molecule has 2 fully saturated rings. The van der Waals surface area contributed by atoms with Crippen LogP contribution in [-0.2, 0) is 9.53 Å². The molecule has 2 amide bonds. The van der Waals surface area contributed by atoms with E-state index in [0.29, 0.717) is 19.4 Å². The number of nitrogens with zero attached hydrogens (tertiary/aromatic N) is 1. The summed E-state index contributed by atoms with van der Waals surface area (Å²) in [5, 5.41) is 13.0. The first kappa shape index (κ1) is 28.3. The van der Waals surface area contributed by atoms with Crippen LogP contribution in [0.5, 0.6) is 0 Å². The monoisotopic (exact) mass is 504 g/mol. The number of carbonyl (C=O) groups is 2. The van der Waals surface area contributed by atoms with Gasteiger partial charge in [0.1, 0.15) is 6.10 Å². The maximum absolute atomic E-state index is 12.5. The van der Waals surface area contributed by atoms with E-state index < -0.39 is 11.1 Å². The van der Waals surface area contributed by atoms with E-state index in [0.717, 1.165) is 24.0 Å². The van der Waals surface area contributed by atoms with Gasteiger partial charge in [-0.15, -0.1) is 0 Å². The van der Waals surface area contributed by atoms with Crippen molar-refractivity contribution in [1.82, 2.24) is 10.2 Å². The highest BCUT2D eigenvalue weighted by molar-refractivity contribution is 5.82. The van der Waals surface area contributed by atoms with Crippen molar-refractivity contribution in [3.63, 3.8) is 0 Å². The second-order valence-corrected chi connectivity index (χ2v) is 11.1. The predicted molar refractivity (Wildman–Crippen MR) is 146 cm³/mol. The molecule has 198 valence electrons. The van der Waals surface area contributed by atoms with E-state index in [2.05, 4.69) is 17.2 Å². The highest BCUT2D eigenvalue weighted by atomic mass is 16.6. The Hall–Kier alpha value is -3.30. The molecule has 6 heteroatoms. The number of carbonyl (C=O) groups excluding carboxylic acids is 2. The number of aliphatic hydroxyl groups is 1. The standard InChI is InChI=1S/C25H34N2O4.C6H6/c1-17(27-15-13-21(31-23(27)29)16-25(4,5)30)19-8-6-18(7-9-19)12-14-24(2,3)26-22(28)20-10-11-20;1-2-4-6-5-3-1/h6-9,17,20-21,30H,10-11,13,15-16H2,1-5H3,(H,26,28);1-6H. The molecular weight excluding hydrogens is 464 g/mol. The van der Waals surface area contributed by atoms with Gasteiger partial charge in [-0.25, -0.2) is 4.79 Å². The second-order valence-electron chi connectivity index (χ2n) is 11.1. The van der Waals surface area contributed by atoms with Gasteiger partial charge in [0.05, 0.1) is 17.2 Å². The van der Waals surface area contributed by atoms with Gasteiger partial charge >= 0.3 is 6.09 Å². The molecule has 2 aliphatic rings. The zero-order chi connectivity index (χ0) is 27.1. The minimum atomic E-state index is -0.856. The van der Waals surface area contributed by atoms with E-state index in [1.54, 1.807) is 18.7 Å². The molecule has 1 saturated heterocycles. The van der Waals surface area contributed by atoms with Crippen molar-refractivity contribution in [3.8, 4) is 11.8 Å². The van der Waals surface area contributed by atoms with Gasteiger partial charge in [0.25, 0.3) is 0 Å². The molecule has 0 aromatic heterocycles. The summed E-state index contributed by atoms with van der Waals surface area (Å²) < 4.78 is 5.54. The fourth-order valence-electron chi connectivity index (χ4n) is 4.12. The number of cyclic esters (lactones) is 1. The topological polar surface area (TPSA) is 78.9 Å². The van der Waals surface area contributed by atoms with Crippen LogP contribution in [0.1, 0.15) is 77.5 Å². The Labute approximate surface area is 221 Å². The zero-order valence-corrected chi connectivity index (χ0v) is 22.7. The van der Waals surface area contributed by atoms with Gasteiger partial charge in [0, 0.05) is 30.9 Å². The van der Waals surface area contributed by atoms with Gasteiger partial charge in [-0.3, -0.25) is 4.79 Å². The van der Waals surface area contributed by atoms with Crippen LogP contribution >= 0.6 is 0 Å². The van der Waals surface area contributed by atoms with Crippen LogP contribution in [0, 0.1) is 17.8 Å². The summed E-state index contributed by atoms with van der Waals surface area (Å²) in [6.45, 7) is 9.84. The second kappa shape index (κ2) is 12.3. The molecule has 1 aliphatic carbocycles. The van der Waals surface area contributed by atoms with Gasteiger partial charge in [-0.2, -0.15) is 0 Å². The molecule has 2 unspecified atom stereocenters. The molecule has 2 N–H and O–H groups in total. The molecule has 0 radical (unpaired) electrons. The van der Waals surface area contributed by atoms with Crippen molar-refractivity contribution in [2.45, 2.75) is 83.6 Å². The minimum Gasteiger partial charge on any atom is -0.446 e. The number of ether oxygens (including phenoxy) is 1.